The molecule has 1 atom stereocenters. The zero-order chi connectivity index (χ0) is 26.0. The summed E-state index contributed by atoms with van der Waals surface area (Å²) in [5, 5.41) is 2.85. The van der Waals surface area contributed by atoms with Crippen LogP contribution >= 0.6 is 0 Å². The molecule has 2 amide bonds. The molecular weight excluding hydrogens is 470 g/mol. The maximum absolute atomic E-state index is 13.6. The number of sulfonamides is 1. The van der Waals surface area contributed by atoms with E-state index in [0.717, 1.165) is 22.5 Å². The Morgan fingerprint density at radius 3 is 2.20 bits per heavy atom. The van der Waals surface area contributed by atoms with Gasteiger partial charge in [0.1, 0.15) is 24.1 Å². The van der Waals surface area contributed by atoms with Crippen LogP contribution in [0.25, 0.3) is 0 Å². The molecule has 0 aliphatic heterocycles. The molecule has 2 aromatic carbocycles. The number of carbonyl (C=O) groups excluding carboxylic acids is 2. The molecule has 0 saturated carbocycles. The number of hydrogen-bond donors (Lipinski definition) is 1. The summed E-state index contributed by atoms with van der Waals surface area (Å²) in [6, 6.07) is 12.9. The molecule has 0 heterocycles. The van der Waals surface area contributed by atoms with E-state index in [4.69, 9.17) is 9.47 Å². The van der Waals surface area contributed by atoms with Gasteiger partial charge in [-0.15, -0.1) is 0 Å². The van der Waals surface area contributed by atoms with Crippen molar-refractivity contribution in [1.29, 1.82) is 0 Å². The molecule has 2 aromatic rings. The Hall–Kier alpha value is -3.27. The van der Waals surface area contributed by atoms with Crippen LogP contribution in [0.1, 0.15) is 32.3 Å². The SMILES string of the molecule is CCCNC(=O)[C@@H](CC)N(Cc1cccc(OC)c1)C(=O)CN(c1cccc(OC)c1)S(C)(=O)=O. The van der Waals surface area contributed by atoms with Crippen LogP contribution in [0.2, 0.25) is 0 Å². The number of methoxy groups -OCH3 is 2. The molecular formula is C25H35N3O6S. The fourth-order valence-corrected chi connectivity index (χ4v) is 4.47. The van der Waals surface area contributed by atoms with Crippen LogP contribution in [-0.2, 0) is 26.2 Å². The van der Waals surface area contributed by atoms with E-state index in [9.17, 15) is 18.0 Å². The molecule has 0 saturated heterocycles. The summed E-state index contributed by atoms with van der Waals surface area (Å²) < 4.78 is 36.9. The molecule has 0 aliphatic rings. The van der Waals surface area contributed by atoms with E-state index in [1.165, 1.54) is 12.0 Å². The average molecular weight is 506 g/mol. The molecule has 0 aromatic heterocycles. The molecule has 10 heteroatoms. The van der Waals surface area contributed by atoms with Crippen LogP contribution in [0.3, 0.4) is 0 Å². The van der Waals surface area contributed by atoms with E-state index in [1.54, 1.807) is 49.6 Å². The van der Waals surface area contributed by atoms with Crippen molar-refractivity contribution < 1.29 is 27.5 Å². The van der Waals surface area contributed by atoms with Crippen LogP contribution in [0.4, 0.5) is 5.69 Å². The summed E-state index contributed by atoms with van der Waals surface area (Å²) >= 11 is 0. The fourth-order valence-electron chi connectivity index (χ4n) is 3.63. The number of amides is 2. The molecule has 2 rings (SSSR count). The van der Waals surface area contributed by atoms with E-state index in [-0.39, 0.29) is 12.5 Å². The first kappa shape index (κ1) is 28.0. The van der Waals surface area contributed by atoms with Crippen LogP contribution in [0, 0.1) is 0 Å². The molecule has 0 aliphatic carbocycles. The lowest BCUT2D eigenvalue weighted by molar-refractivity contribution is -0.140. The average Bonchev–Trinajstić information content (AvgIpc) is 2.85. The molecule has 9 nitrogen and oxygen atoms in total. The van der Waals surface area contributed by atoms with Crippen LogP contribution in [-0.4, -0.2) is 64.7 Å². The summed E-state index contributed by atoms with van der Waals surface area (Å²) in [4.78, 5) is 28.0. The Morgan fingerprint density at radius 1 is 1.00 bits per heavy atom. The Bertz CT molecular complexity index is 1110. The molecule has 0 spiro atoms. The molecule has 1 N–H and O–H groups in total. The third-order valence-electron chi connectivity index (χ3n) is 5.44. The number of nitrogens with zero attached hydrogens (tertiary/aromatic N) is 2. The largest absolute Gasteiger partial charge is 0.497 e. The van der Waals surface area contributed by atoms with E-state index >= 15 is 0 Å². The van der Waals surface area contributed by atoms with Gasteiger partial charge >= 0.3 is 0 Å². The molecule has 0 radical (unpaired) electrons. The topological polar surface area (TPSA) is 105 Å². The van der Waals surface area contributed by atoms with Gasteiger partial charge in [0.15, 0.2) is 0 Å². The van der Waals surface area contributed by atoms with Crippen LogP contribution in [0.5, 0.6) is 11.5 Å². The van der Waals surface area contributed by atoms with Gasteiger partial charge in [-0.1, -0.05) is 32.0 Å². The lowest BCUT2D eigenvalue weighted by Crippen LogP contribution is -2.52. The van der Waals surface area contributed by atoms with E-state index in [0.29, 0.717) is 30.2 Å². The highest BCUT2D eigenvalue weighted by Gasteiger charge is 2.31. The zero-order valence-corrected chi connectivity index (χ0v) is 21.8. The highest BCUT2D eigenvalue weighted by atomic mass is 32.2. The Morgan fingerprint density at radius 2 is 1.63 bits per heavy atom. The van der Waals surface area contributed by atoms with Gasteiger partial charge in [-0.3, -0.25) is 13.9 Å². The summed E-state index contributed by atoms with van der Waals surface area (Å²) in [6.45, 7) is 3.89. The lowest BCUT2D eigenvalue weighted by Gasteiger charge is -2.33. The Balaban J connectivity index is 2.45. The number of anilines is 1. The quantitative estimate of drug-likeness (QED) is 0.449. The predicted molar refractivity (Wildman–Crippen MR) is 136 cm³/mol. The predicted octanol–water partition coefficient (Wildman–Crippen LogP) is 2.80. The molecule has 35 heavy (non-hydrogen) atoms. The van der Waals surface area contributed by atoms with Crippen LogP contribution in [0.15, 0.2) is 48.5 Å². The molecule has 0 fully saturated rings. The second-order valence-corrected chi connectivity index (χ2v) is 9.97. The van der Waals surface area contributed by atoms with E-state index in [2.05, 4.69) is 5.32 Å². The molecule has 0 bridgehead atoms. The normalized spacial score (nSPS) is 11.9. The van der Waals surface area contributed by atoms with Crippen molar-refractivity contribution in [1.82, 2.24) is 10.2 Å². The minimum Gasteiger partial charge on any atom is -0.497 e. The second-order valence-electron chi connectivity index (χ2n) is 8.06. The first-order chi connectivity index (χ1) is 16.6. The first-order valence-corrected chi connectivity index (χ1v) is 13.3. The number of nitrogens with one attached hydrogen (secondary N) is 1. The van der Waals surface area contributed by atoms with Crippen LogP contribution < -0.4 is 19.1 Å². The lowest BCUT2D eigenvalue weighted by atomic mass is 10.1. The van der Waals surface area contributed by atoms with Gasteiger partial charge in [-0.05, 0) is 42.7 Å². The number of hydrogen-bond acceptors (Lipinski definition) is 6. The number of ether oxygens (including phenoxy) is 2. The van der Waals surface area contributed by atoms with E-state index < -0.39 is 28.5 Å². The van der Waals surface area contributed by atoms with Crippen molar-refractivity contribution in [2.75, 3.05) is 37.9 Å². The number of carbonyl (C=O) groups is 2. The standard InChI is InChI=1S/C25H35N3O6S/c1-6-14-26-25(30)23(7-2)27(17-19-10-8-12-21(15-19)33-3)24(29)18-28(35(5,31)32)20-11-9-13-22(16-20)34-4/h8-13,15-16,23H,6-7,14,17-18H2,1-5H3,(H,26,30)/t23-/m1/s1. The minimum atomic E-state index is -3.81. The van der Waals surface area contributed by atoms with Crippen molar-refractivity contribution >= 4 is 27.5 Å². The highest BCUT2D eigenvalue weighted by molar-refractivity contribution is 7.92. The van der Waals surface area contributed by atoms with Gasteiger partial charge in [0.25, 0.3) is 0 Å². The van der Waals surface area contributed by atoms with E-state index in [1.807, 2.05) is 19.9 Å². The maximum atomic E-state index is 13.6. The first-order valence-electron chi connectivity index (χ1n) is 11.5. The van der Waals surface area contributed by atoms with Gasteiger partial charge < -0.3 is 19.7 Å². The Labute approximate surface area is 208 Å². The third kappa shape index (κ3) is 7.88. The van der Waals surface area contributed by atoms with Crippen molar-refractivity contribution in [3.05, 3.63) is 54.1 Å². The van der Waals surface area contributed by atoms with Gasteiger partial charge in [-0.2, -0.15) is 0 Å². The smallest absolute Gasteiger partial charge is 0.244 e. The fraction of sp³-hybridized carbons (Fsp3) is 0.440. The highest BCUT2D eigenvalue weighted by Crippen LogP contribution is 2.24. The number of benzene rings is 2. The van der Waals surface area contributed by atoms with Crippen molar-refractivity contribution in [3.63, 3.8) is 0 Å². The monoisotopic (exact) mass is 505 g/mol. The Kier molecular flexibility index (Phi) is 10.4. The van der Waals surface area contributed by atoms with Crippen molar-refractivity contribution in [2.24, 2.45) is 0 Å². The summed E-state index contributed by atoms with van der Waals surface area (Å²) in [6.07, 6.45) is 2.16. The summed E-state index contributed by atoms with van der Waals surface area (Å²) in [5.74, 6) is 0.298. The number of rotatable bonds is 13. The molecule has 192 valence electrons. The van der Waals surface area contributed by atoms with Gasteiger partial charge in [0, 0.05) is 19.2 Å². The summed E-state index contributed by atoms with van der Waals surface area (Å²) in [5.41, 5.74) is 1.05. The second kappa shape index (κ2) is 13.0. The van der Waals surface area contributed by atoms with Gasteiger partial charge in [0.2, 0.25) is 21.8 Å². The van der Waals surface area contributed by atoms with Gasteiger partial charge in [-0.25, -0.2) is 8.42 Å². The maximum Gasteiger partial charge on any atom is 0.244 e. The van der Waals surface area contributed by atoms with Gasteiger partial charge in [0.05, 0.1) is 26.2 Å². The third-order valence-corrected chi connectivity index (χ3v) is 6.58. The zero-order valence-electron chi connectivity index (χ0n) is 21.0. The van der Waals surface area contributed by atoms with Crippen molar-refractivity contribution in [2.45, 2.75) is 39.3 Å². The minimum absolute atomic E-state index is 0.115. The molecule has 0 unspecified atom stereocenters. The summed E-state index contributed by atoms with van der Waals surface area (Å²) in [7, 11) is -0.786. The van der Waals surface area contributed by atoms with Crippen molar-refractivity contribution in [3.8, 4) is 11.5 Å².